The Balaban J connectivity index is 1.89. The van der Waals surface area contributed by atoms with Crippen LogP contribution >= 0.6 is 55.1 Å². The zero-order valence-corrected chi connectivity index (χ0v) is 28.2. The van der Waals surface area contributed by atoms with Gasteiger partial charge in [0, 0.05) is 36.4 Å². The molecule has 0 heterocycles. The lowest BCUT2D eigenvalue weighted by molar-refractivity contribution is -0.164. The van der Waals surface area contributed by atoms with Crippen molar-refractivity contribution in [2.45, 2.75) is 30.8 Å². The molecule has 5 atom stereocenters. The van der Waals surface area contributed by atoms with E-state index in [0.717, 1.165) is 8.95 Å². The van der Waals surface area contributed by atoms with E-state index in [2.05, 4.69) is 37.9 Å². The summed E-state index contributed by atoms with van der Waals surface area (Å²) >= 11 is 19.4. The molecule has 9 heteroatoms. The number of hydrogen-bond acceptors (Lipinski definition) is 5. The van der Waals surface area contributed by atoms with Gasteiger partial charge in [0.05, 0.1) is 18.6 Å². The monoisotopic (exact) mass is 753 g/mol. The molecule has 0 unspecified atom stereocenters. The van der Waals surface area contributed by atoms with E-state index in [1.54, 1.807) is 104 Å². The number of halogens is 4. The first-order valence-electron chi connectivity index (χ1n) is 13.9. The fourth-order valence-corrected chi connectivity index (χ4v) is 7.25. The van der Waals surface area contributed by atoms with E-state index in [1.165, 1.54) is 0 Å². The molecule has 0 aliphatic heterocycles. The second kappa shape index (κ2) is 13.2. The highest BCUT2D eigenvalue weighted by atomic mass is 79.9. The Hall–Kier alpha value is -2.99. The predicted molar refractivity (Wildman–Crippen MR) is 178 cm³/mol. The Labute approximate surface area is 283 Å². The number of Topliss-reactive ketones (excluding diaryl/α,β-unsaturated/α-hetero) is 1. The molecule has 1 aliphatic rings. The van der Waals surface area contributed by atoms with E-state index in [1.807, 2.05) is 0 Å². The lowest BCUT2D eigenvalue weighted by atomic mass is 9.47. The van der Waals surface area contributed by atoms with Gasteiger partial charge in [-0.15, -0.1) is 0 Å². The maximum absolute atomic E-state index is 14.8. The number of ketones is 1. The summed E-state index contributed by atoms with van der Waals surface area (Å²) in [5.41, 5.74) is -1.85. The van der Waals surface area contributed by atoms with E-state index in [-0.39, 0.29) is 13.0 Å². The fraction of sp³-hybridized carbons (Fsp3) is 0.229. The van der Waals surface area contributed by atoms with Crippen molar-refractivity contribution in [1.82, 2.24) is 0 Å². The Morgan fingerprint density at radius 3 is 1.86 bits per heavy atom. The van der Waals surface area contributed by atoms with Gasteiger partial charge in [-0.25, -0.2) is 0 Å². The van der Waals surface area contributed by atoms with Crippen molar-refractivity contribution in [2.24, 2.45) is 11.3 Å². The molecule has 0 saturated heterocycles. The van der Waals surface area contributed by atoms with Crippen LogP contribution in [0.2, 0.25) is 10.0 Å². The largest absolute Gasteiger partial charge is 0.465 e. The summed E-state index contributed by atoms with van der Waals surface area (Å²) in [6, 6.07) is 29.8. The minimum Gasteiger partial charge on any atom is -0.465 e. The molecule has 44 heavy (non-hydrogen) atoms. The average Bonchev–Trinajstić information content (AvgIpc) is 3.02. The van der Waals surface area contributed by atoms with E-state index in [4.69, 9.17) is 27.9 Å². The highest BCUT2D eigenvalue weighted by molar-refractivity contribution is 9.10. The van der Waals surface area contributed by atoms with Gasteiger partial charge in [0.1, 0.15) is 5.60 Å². The standard InChI is InChI=1S/C35H27Br2Cl2NO4/c1-2-44-33(42)34(20-40)29(21-5-15-27(38)16-6-21)19-35(43,24-9-13-26(37)14-10-24)31(30(34)22-7-17-28(39)18-8-22)32(41)23-3-11-25(36)12-4-23/h3-18,29-31,43H,2,19H2,1H3/t29-,30-,31-,34-,35-/m0/s1. The third-order valence-electron chi connectivity index (χ3n) is 8.46. The Bertz CT molecular complexity index is 1710. The summed E-state index contributed by atoms with van der Waals surface area (Å²) in [5.74, 6) is -4.51. The van der Waals surface area contributed by atoms with Crippen LogP contribution in [-0.4, -0.2) is 23.5 Å². The molecule has 0 bridgehead atoms. The predicted octanol–water partition coefficient (Wildman–Crippen LogP) is 9.25. The van der Waals surface area contributed by atoms with Crippen molar-refractivity contribution in [2.75, 3.05) is 6.61 Å². The van der Waals surface area contributed by atoms with Gasteiger partial charge in [0.25, 0.3) is 0 Å². The topological polar surface area (TPSA) is 87.4 Å². The van der Waals surface area contributed by atoms with Gasteiger partial charge in [-0.05, 0) is 78.6 Å². The molecule has 5 nitrogen and oxygen atoms in total. The first-order valence-corrected chi connectivity index (χ1v) is 16.3. The lowest BCUT2D eigenvalue weighted by Gasteiger charge is -2.54. The maximum Gasteiger partial charge on any atom is 0.327 e. The highest BCUT2D eigenvalue weighted by Crippen LogP contribution is 2.64. The quantitative estimate of drug-likeness (QED) is 0.150. The zero-order chi connectivity index (χ0) is 31.6. The number of esters is 1. The third kappa shape index (κ3) is 5.87. The summed E-state index contributed by atoms with van der Waals surface area (Å²) in [7, 11) is 0. The van der Waals surface area contributed by atoms with Gasteiger partial charge in [0.2, 0.25) is 0 Å². The number of benzene rings is 4. The van der Waals surface area contributed by atoms with Gasteiger partial charge in [0.15, 0.2) is 11.2 Å². The number of hydrogen-bond donors (Lipinski definition) is 1. The molecule has 4 aromatic carbocycles. The smallest absolute Gasteiger partial charge is 0.327 e. The second-order valence-electron chi connectivity index (χ2n) is 10.8. The van der Waals surface area contributed by atoms with Crippen LogP contribution in [0.5, 0.6) is 0 Å². The summed E-state index contributed by atoms with van der Waals surface area (Å²) in [6.45, 7) is 1.69. The molecular formula is C35H27Br2Cl2NO4. The normalized spacial score (nSPS) is 24.7. The van der Waals surface area contributed by atoms with Crippen LogP contribution < -0.4 is 0 Å². The molecular weight excluding hydrogens is 729 g/mol. The molecule has 1 N–H and O–H groups in total. The van der Waals surface area contributed by atoms with Crippen molar-refractivity contribution in [3.8, 4) is 6.07 Å². The van der Waals surface area contributed by atoms with Crippen LogP contribution in [0, 0.1) is 22.7 Å². The van der Waals surface area contributed by atoms with Crippen LogP contribution in [0.4, 0.5) is 0 Å². The molecule has 5 rings (SSSR count). The number of carbonyl (C=O) groups excluding carboxylic acids is 2. The van der Waals surface area contributed by atoms with Crippen LogP contribution in [0.1, 0.15) is 52.2 Å². The first kappa shape index (κ1) is 32.4. The molecule has 1 aliphatic carbocycles. The SMILES string of the molecule is CCOC(=O)[C@@]1(C#N)[C@H](c2ccc(Cl)cc2)C[C@](O)(c2ccc(Br)cc2)[C@H](C(=O)c2ccc(Br)cc2)[C@@H]1c1ccc(Cl)cc1. The van der Waals surface area contributed by atoms with Crippen LogP contribution in [0.25, 0.3) is 0 Å². The minimum atomic E-state index is -1.92. The molecule has 0 spiro atoms. The van der Waals surface area contributed by atoms with E-state index in [9.17, 15) is 20.0 Å². The molecule has 1 fully saturated rings. The zero-order valence-electron chi connectivity index (χ0n) is 23.5. The summed E-state index contributed by atoms with van der Waals surface area (Å²) in [4.78, 5) is 29.1. The molecule has 0 amide bonds. The molecule has 4 aromatic rings. The number of nitriles is 1. The Kier molecular flexibility index (Phi) is 9.69. The fourth-order valence-electron chi connectivity index (χ4n) is 6.47. The number of ether oxygens (including phenoxy) is 1. The third-order valence-corrected chi connectivity index (χ3v) is 10.0. The second-order valence-corrected chi connectivity index (χ2v) is 13.5. The van der Waals surface area contributed by atoms with Crippen molar-refractivity contribution in [3.05, 3.63) is 138 Å². The van der Waals surface area contributed by atoms with Gasteiger partial charge in [-0.1, -0.05) is 104 Å². The molecule has 1 saturated carbocycles. The lowest BCUT2D eigenvalue weighted by Crippen LogP contribution is -2.59. The van der Waals surface area contributed by atoms with Gasteiger partial charge in [-0.3, -0.25) is 9.59 Å². The Morgan fingerprint density at radius 2 is 1.36 bits per heavy atom. The van der Waals surface area contributed by atoms with Crippen molar-refractivity contribution >= 4 is 66.8 Å². The van der Waals surface area contributed by atoms with E-state index < -0.39 is 40.5 Å². The van der Waals surface area contributed by atoms with Crippen molar-refractivity contribution in [3.63, 3.8) is 0 Å². The van der Waals surface area contributed by atoms with E-state index >= 15 is 0 Å². The summed E-state index contributed by atoms with van der Waals surface area (Å²) < 4.78 is 7.21. The molecule has 224 valence electrons. The average molecular weight is 756 g/mol. The van der Waals surface area contributed by atoms with Crippen LogP contribution in [0.3, 0.4) is 0 Å². The Morgan fingerprint density at radius 1 is 0.864 bits per heavy atom. The summed E-state index contributed by atoms with van der Waals surface area (Å²) in [6.07, 6.45) is -0.125. The summed E-state index contributed by atoms with van der Waals surface area (Å²) in [5, 5.41) is 25.1. The van der Waals surface area contributed by atoms with E-state index in [0.29, 0.717) is 32.3 Å². The number of nitrogens with zero attached hydrogens (tertiary/aromatic N) is 1. The van der Waals surface area contributed by atoms with Gasteiger partial charge < -0.3 is 9.84 Å². The highest BCUT2D eigenvalue weighted by Gasteiger charge is 2.67. The molecule has 0 aromatic heterocycles. The number of aliphatic hydroxyl groups is 1. The van der Waals surface area contributed by atoms with Crippen molar-refractivity contribution in [1.29, 1.82) is 5.26 Å². The maximum atomic E-state index is 14.8. The first-order chi connectivity index (χ1) is 21.0. The van der Waals surface area contributed by atoms with Crippen LogP contribution in [0.15, 0.2) is 106 Å². The minimum absolute atomic E-state index is 0.0191. The number of carbonyl (C=O) groups is 2. The van der Waals surface area contributed by atoms with Gasteiger partial charge >= 0.3 is 5.97 Å². The van der Waals surface area contributed by atoms with Crippen LogP contribution in [-0.2, 0) is 15.1 Å². The molecule has 0 radical (unpaired) electrons. The van der Waals surface area contributed by atoms with Gasteiger partial charge in [-0.2, -0.15) is 5.26 Å². The number of rotatable bonds is 7. The van der Waals surface area contributed by atoms with Crippen molar-refractivity contribution < 1.29 is 19.4 Å².